The number of anilines is 2. The van der Waals surface area contributed by atoms with E-state index >= 15 is 0 Å². The van der Waals surface area contributed by atoms with Crippen LogP contribution in [0, 0.1) is 13.8 Å². The SMILES string of the molecule is Cc1ccc(S(=O)(=O)N2CCN(CC(=O)Nc3ccc(C)c(NS(C)(=O)=O)c3)CC2)cc1. The van der Waals surface area contributed by atoms with Gasteiger partial charge in [-0.3, -0.25) is 14.4 Å². The number of nitrogens with zero attached hydrogens (tertiary/aromatic N) is 2. The van der Waals surface area contributed by atoms with Crippen molar-refractivity contribution in [2.45, 2.75) is 18.7 Å². The van der Waals surface area contributed by atoms with E-state index in [0.717, 1.165) is 17.4 Å². The smallest absolute Gasteiger partial charge is 0.243 e. The van der Waals surface area contributed by atoms with Gasteiger partial charge in [-0.05, 0) is 43.7 Å². The van der Waals surface area contributed by atoms with Crippen molar-refractivity contribution in [1.29, 1.82) is 0 Å². The number of hydrogen-bond donors (Lipinski definition) is 2. The first-order valence-electron chi connectivity index (χ1n) is 10.1. The van der Waals surface area contributed by atoms with E-state index in [0.29, 0.717) is 37.6 Å². The van der Waals surface area contributed by atoms with Crippen molar-refractivity contribution < 1.29 is 21.6 Å². The predicted molar refractivity (Wildman–Crippen MR) is 125 cm³/mol. The molecule has 0 atom stereocenters. The summed E-state index contributed by atoms with van der Waals surface area (Å²) in [5.41, 5.74) is 2.61. The Balaban J connectivity index is 1.56. The van der Waals surface area contributed by atoms with Crippen molar-refractivity contribution in [1.82, 2.24) is 9.21 Å². The van der Waals surface area contributed by atoms with Gasteiger partial charge in [0.2, 0.25) is 26.0 Å². The summed E-state index contributed by atoms with van der Waals surface area (Å²) < 4.78 is 52.5. The van der Waals surface area contributed by atoms with E-state index in [1.165, 1.54) is 4.31 Å². The van der Waals surface area contributed by atoms with Crippen LogP contribution in [0.25, 0.3) is 0 Å². The number of hydrogen-bond acceptors (Lipinski definition) is 6. The third-order valence-corrected chi connectivity index (χ3v) is 7.68. The number of aryl methyl sites for hydroxylation is 2. The highest BCUT2D eigenvalue weighted by Crippen LogP contribution is 2.22. The Labute approximate surface area is 189 Å². The van der Waals surface area contributed by atoms with Crippen LogP contribution in [-0.2, 0) is 24.8 Å². The number of rotatable bonds is 7. The van der Waals surface area contributed by atoms with Gasteiger partial charge in [0.25, 0.3) is 0 Å². The van der Waals surface area contributed by atoms with Gasteiger partial charge in [0.15, 0.2) is 0 Å². The molecular weight excluding hydrogens is 452 g/mol. The molecular formula is C21H28N4O5S2. The second-order valence-corrected chi connectivity index (χ2v) is 11.6. The zero-order chi connectivity index (χ0) is 23.5. The second-order valence-electron chi connectivity index (χ2n) is 7.95. The largest absolute Gasteiger partial charge is 0.325 e. The number of benzene rings is 2. The molecule has 0 unspecified atom stereocenters. The molecule has 0 spiro atoms. The molecule has 0 aromatic heterocycles. The van der Waals surface area contributed by atoms with Crippen LogP contribution in [-0.4, -0.2) is 70.9 Å². The van der Waals surface area contributed by atoms with Crippen LogP contribution in [0.15, 0.2) is 47.4 Å². The lowest BCUT2D eigenvalue weighted by Gasteiger charge is -2.33. The molecule has 11 heteroatoms. The molecule has 1 saturated heterocycles. The van der Waals surface area contributed by atoms with Crippen molar-refractivity contribution in [3.63, 3.8) is 0 Å². The molecule has 3 rings (SSSR count). The number of piperazine rings is 1. The van der Waals surface area contributed by atoms with Crippen LogP contribution in [0.3, 0.4) is 0 Å². The molecule has 1 fully saturated rings. The van der Waals surface area contributed by atoms with E-state index in [1.807, 2.05) is 11.8 Å². The molecule has 0 radical (unpaired) electrons. The fraction of sp³-hybridized carbons (Fsp3) is 0.381. The third kappa shape index (κ3) is 6.28. The maximum atomic E-state index is 12.8. The fourth-order valence-corrected chi connectivity index (χ4v) is 5.44. The van der Waals surface area contributed by atoms with E-state index in [9.17, 15) is 21.6 Å². The quantitative estimate of drug-likeness (QED) is 0.622. The maximum absolute atomic E-state index is 12.8. The minimum Gasteiger partial charge on any atom is -0.325 e. The Kier molecular flexibility index (Phi) is 7.23. The third-order valence-electron chi connectivity index (χ3n) is 5.17. The standard InChI is InChI=1S/C21H28N4O5S2/c1-16-4-8-19(9-5-16)32(29,30)25-12-10-24(11-13-25)15-21(26)22-18-7-6-17(2)20(14-18)23-31(3,27)28/h4-9,14,23H,10-13,15H2,1-3H3,(H,22,26). The zero-order valence-corrected chi connectivity index (χ0v) is 20.0. The average Bonchev–Trinajstić information content (AvgIpc) is 2.70. The summed E-state index contributed by atoms with van der Waals surface area (Å²) in [6.07, 6.45) is 1.07. The van der Waals surface area contributed by atoms with Gasteiger partial charge in [0.05, 0.1) is 23.4 Å². The number of amides is 1. The van der Waals surface area contributed by atoms with Crippen LogP contribution in [0.1, 0.15) is 11.1 Å². The van der Waals surface area contributed by atoms with Crippen LogP contribution < -0.4 is 10.0 Å². The molecule has 2 aromatic rings. The van der Waals surface area contributed by atoms with Crippen molar-refractivity contribution in [2.24, 2.45) is 0 Å². The monoisotopic (exact) mass is 480 g/mol. The van der Waals surface area contributed by atoms with Gasteiger partial charge in [0, 0.05) is 31.9 Å². The van der Waals surface area contributed by atoms with Gasteiger partial charge in [0.1, 0.15) is 0 Å². The highest BCUT2D eigenvalue weighted by atomic mass is 32.2. The van der Waals surface area contributed by atoms with Crippen molar-refractivity contribution in [3.8, 4) is 0 Å². The van der Waals surface area contributed by atoms with Crippen LogP contribution in [0.2, 0.25) is 0 Å². The number of nitrogens with one attached hydrogen (secondary N) is 2. The van der Waals surface area contributed by atoms with Crippen LogP contribution >= 0.6 is 0 Å². The first-order chi connectivity index (χ1) is 14.9. The van der Waals surface area contributed by atoms with Gasteiger partial charge in [-0.15, -0.1) is 0 Å². The molecule has 2 N–H and O–H groups in total. The molecule has 9 nitrogen and oxygen atoms in total. The molecule has 1 amide bonds. The summed E-state index contributed by atoms with van der Waals surface area (Å²) in [5.74, 6) is -0.256. The maximum Gasteiger partial charge on any atom is 0.243 e. The highest BCUT2D eigenvalue weighted by molar-refractivity contribution is 7.92. The highest BCUT2D eigenvalue weighted by Gasteiger charge is 2.29. The molecule has 0 bridgehead atoms. The van der Waals surface area contributed by atoms with Gasteiger partial charge >= 0.3 is 0 Å². The van der Waals surface area contributed by atoms with Crippen molar-refractivity contribution >= 4 is 37.3 Å². The van der Waals surface area contributed by atoms with E-state index < -0.39 is 20.0 Å². The first kappa shape index (κ1) is 24.2. The second kappa shape index (κ2) is 9.57. The molecule has 1 aliphatic heterocycles. The topological polar surface area (TPSA) is 116 Å². The molecule has 0 saturated carbocycles. The molecule has 0 aliphatic carbocycles. The lowest BCUT2D eigenvalue weighted by atomic mass is 10.2. The lowest BCUT2D eigenvalue weighted by Crippen LogP contribution is -2.50. The fourth-order valence-electron chi connectivity index (χ4n) is 3.40. The Bertz CT molecular complexity index is 1190. The van der Waals surface area contributed by atoms with Crippen molar-refractivity contribution in [2.75, 3.05) is 49.0 Å². The summed E-state index contributed by atoms with van der Waals surface area (Å²) in [7, 11) is -6.98. The lowest BCUT2D eigenvalue weighted by molar-refractivity contribution is -0.117. The van der Waals surface area contributed by atoms with E-state index in [1.54, 1.807) is 49.4 Å². The molecule has 174 valence electrons. The predicted octanol–water partition coefficient (Wildman–Crippen LogP) is 1.62. The van der Waals surface area contributed by atoms with Gasteiger partial charge in [-0.25, -0.2) is 16.8 Å². The Morgan fingerprint density at radius 2 is 1.56 bits per heavy atom. The molecule has 2 aromatic carbocycles. The van der Waals surface area contributed by atoms with E-state index in [4.69, 9.17) is 0 Å². The molecule has 1 heterocycles. The minimum absolute atomic E-state index is 0.112. The summed E-state index contributed by atoms with van der Waals surface area (Å²) in [5, 5.41) is 2.77. The molecule has 1 aliphatic rings. The zero-order valence-electron chi connectivity index (χ0n) is 18.3. The minimum atomic E-state index is -3.55. The normalized spacial score (nSPS) is 16.0. The van der Waals surface area contributed by atoms with E-state index in [-0.39, 0.29) is 17.3 Å². The Morgan fingerprint density at radius 3 is 2.16 bits per heavy atom. The van der Waals surface area contributed by atoms with Crippen molar-refractivity contribution in [3.05, 3.63) is 53.6 Å². The summed E-state index contributed by atoms with van der Waals surface area (Å²) >= 11 is 0. The van der Waals surface area contributed by atoms with Crippen LogP contribution in [0.4, 0.5) is 11.4 Å². The summed E-state index contributed by atoms with van der Waals surface area (Å²) in [6.45, 7) is 5.26. The van der Waals surface area contributed by atoms with Crippen LogP contribution in [0.5, 0.6) is 0 Å². The van der Waals surface area contributed by atoms with Gasteiger partial charge in [-0.1, -0.05) is 23.8 Å². The summed E-state index contributed by atoms with van der Waals surface area (Å²) in [6, 6.07) is 11.8. The average molecular weight is 481 g/mol. The Morgan fingerprint density at radius 1 is 0.938 bits per heavy atom. The van der Waals surface area contributed by atoms with E-state index in [2.05, 4.69) is 10.0 Å². The summed E-state index contributed by atoms with van der Waals surface area (Å²) in [4.78, 5) is 14.6. The molecule has 32 heavy (non-hydrogen) atoms. The number of carbonyl (C=O) groups excluding carboxylic acids is 1. The number of carbonyl (C=O) groups is 1. The van der Waals surface area contributed by atoms with Gasteiger partial charge in [-0.2, -0.15) is 4.31 Å². The van der Waals surface area contributed by atoms with Gasteiger partial charge < -0.3 is 5.32 Å². The number of sulfonamides is 2. The Hall–Kier alpha value is -2.47. The first-order valence-corrected chi connectivity index (χ1v) is 13.4.